The summed E-state index contributed by atoms with van der Waals surface area (Å²) in [5, 5.41) is 10.2. The second-order valence-corrected chi connectivity index (χ2v) is 7.31. The van der Waals surface area contributed by atoms with Crippen LogP contribution in [0.15, 0.2) is 29.3 Å². The van der Waals surface area contributed by atoms with Crippen LogP contribution >= 0.6 is 0 Å². The van der Waals surface area contributed by atoms with Crippen LogP contribution in [0.3, 0.4) is 0 Å². The molecule has 1 fully saturated rings. The highest BCUT2D eigenvalue weighted by molar-refractivity contribution is 5.87. The van der Waals surface area contributed by atoms with Crippen molar-refractivity contribution in [3.05, 3.63) is 40.4 Å². The van der Waals surface area contributed by atoms with E-state index in [9.17, 15) is 19.5 Å². The van der Waals surface area contributed by atoms with Crippen LogP contribution in [0.5, 0.6) is 0 Å². The van der Waals surface area contributed by atoms with Crippen LogP contribution in [-0.4, -0.2) is 44.0 Å². The molecule has 2 aromatic rings. The lowest BCUT2D eigenvalue weighted by Gasteiger charge is -2.41. The minimum absolute atomic E-state index is 0.0600. The fraction of sp³-hybridized carbons (Fsp3) is 0.500. The Morgan fingerprint density at radius 3 is 2.63 bits per heavy atom. The van der Waals surface area contributed by atoms with Crippen LogP contribution in [0, 0.1) is 6.92 Å². The van der Waals surface area contributed by atoms with Crippen molar-refractivity contribution in [3.8, 4) is 0 Å². The first-order valence-electron chi connectivity index (χ1n) is 9.31. The van der Waals surface area contributed by atoms with Crippen molar-refractivity contribution in [2.24, 2.45) is 0 Å². The first-order valence-corrected chi connectivity index (χ1v) is 9.31. The number of carboxylic acid groups (broad SMARTS) is 1. The number of para-hydroxylation sites is 1. The lowest BCUT2D eigenvalue weighted by Crippen LogP contribution is -2.56. The zero-order chi connectivity index (χ0) is 19.6. The van der Waals surface area contributed by atoms with E-state index in [0.29, 0.717) is 23.7 Å². The molecule has 144 valence electrons. The molecule has 1 heterocycles. The molecule has 0 bridgehead atoms. The Kier molecular flexibility index (Phi) is 5.30. The molecule has 1 aliphatic carbocycles. The van der Waals surface area contributed by atoms with Crippen LogP contribution in [-0.2, 0) is 16.1 Å². The molecule has 1 saturated carbocycles. The molecule has 1 N–H and O–H groups in total. The lowest BCUT2D eigenvalue weighted by molar-refractivity contribution is -0.160. The first-order chi connectivity index (χ1) is 12.9. The van der Waals surface area contributed by atoms with Gasteiger partial charge in [0.15, 0.2) is 0 Å². The van der Waals surface area contributed by atoms with E-state index in [4.69, 9.17) is 0 Å². The lowest BCUT2D eigenvalue weighted by atomic mass is 9.80. The average molecular weight is 371 g/mol. The van der Waals surface area contributed by atoms with Gasteiger partial charge in [-0.3, -0.25) is 14.2 Å². The first kappa shape index (κ1) is 19.1. The normalized spacial score (nSPS) is 16.2. The Hall–Kier alpha value is -2.70. The van der Waals surface area contributed by atoms with Crippen molar-refractivity contribution in [1.82, 2.24) is 14.5 Å². The molecule has 7 nitrogen and oxygen atoms in total. The molecule has 0 radical (unpaired) electrons. The molecule has 1 aromatic heterocycles. The van der Waals surface area contributed by atoms with Crippen molar-refractivity contribution in [2.75, 3.05) is 7.05 Å². The van der Waals surface area contributed by atoms with Crippen molar-refractivity contribution in [3.63, 3.8) is 0 Å². The minimum Gasteiger partial charge on any atom is -0.479 e. The number of nitrogens with zero attached hydrogens (tertiary/aromatic N) is 3. The number of carboxylic acids is 1. The van der Waals surface area contributed by atoms with Gasteiger partial charge in [0.25, 0.3) is 5.56 Å². The highest BCUT2D eigenvalue weighted by Gasteiger charge is 2.45. The van der Waals surface area contributed by atoms with E-state index in [0.717, 1.165) is 24.8 Å². The van der Waals surface area contributed by atoms with Crippen LogP contribution in [0.4, 0.5) is 0 Å². The molecule has 27 heavy (non-hydrogen) atoms. The highest BCUT2D eigenvalue weighted by atomic mass is 16.4. The summed E-state index contributed by atoms with van der Waals surface area (Å²) in [6, 6.07) is 5.43. The van der Waals surface area contributed by atoms with Gasteiger partial charge >= 0.3 is 5.97 Å². The molecular formula is C20H25N3O4. The Morgan fingerprint density at radius 2 is 1.96 bits per heavy atom. The van der Waals surface area contributed by atoms with E-state index in [-0.39, 0.29) is 24.4 Å². The number of amides is 1. The molecule has 0 aliphatic heterocycles. The summed E-state index contributed by atoms with van der Waals surface area (Å²) in [5.41, 5.74) is 0.270. The molecule has 7 heteroatoms. The topological polar surface area (TPSA) is 92.5 Å². The Morgan fingerprint density at radius 1 is 1.26 bits per heavy atom. The fourth-order valence-electron chi connectivity index (χ4n) is 3.95. The van der Waals surface area contributed by atoms with Gasteiger partial charge in [0.05, 0.1) is 17.2 Å². The zero-order valence-electron chi connectivity index (χ0n) is 15.8. The van der Waals surface area contributed by atoms with E-state index in [1.807, 2.05) is 19.1 Å². The Labute approximate surface area is 157 Å². The molecule has 0 atom stereocenters. The number of aromatic nitrogens is 2. The van der Waals surface area contributed by atoms with Gasteiger partial charge in [-0.25, -0.2) is 9.78 Å². The maximum atomic E-state index is 12.7. The number of benzene rings is 1. The van der Waals surface area contributed by atoms with Crippen molar-refractivity contribution >= 4 is 22.8 Å². The third-order valence-corrected chi connectivity index (χ3v) is 5.72. The number of carbonyl (C=O) groups is 2. The van der Waals surface area contributed by atoms with E-state index >= 15 is 0 Å². The molecule has 3 rings (SSSR count). The predicted molar refractivity (Wildman–Crippen MR) is 102 cm³/mol. The molecule has 1 aliphatic rings. The van der Waals surface area contributed by atoms with Crippen molar-refractivity contribution in [1.29, 1.82) is 0 Å². The standard InChI is InChI=1S/C20H25N3O4/c1-14-7-6-8-15-17(14)21-13-23(18(15)25)12-9-16(24)22(2)20(19(26)27)10-4-3-5-11-20/h6-8,13H,3-5,9-12H2,1-2H3,(H,26,27). The van der Waals surface area contributed by atoms with Gasteiger partial charge < -0.3 is 10.0 Å². The number of aliphatic carboxylic acids is 1. The SMILES string of the molecule is Cc1cccc2c(=O)n(CCC(=O)N(C)C3(C(=O)O)CCCCC3)cnc12. The van der Waals surface area contributed by atoms with Gasteiger partial charge in [0, 0.05) is 20.0 Å². The molecule has 1 aromatic carbocycles. The van der Waals surface area contributed by atoms with E-state index in [1.54, 1.807) is 13.1 Å². The summed E-state index contributed by atoms with van der Waals surface area (Å²) in [4.78, 5) is 42.9. The molecule has 1 amide bonds. The smallest absolute Gasteiger partial charge is 0.329 e. The van der Waals surface area contributed by atoms with Gasteiger partial charge in [-0.1, -0.05) is 31.4 Å². The van der Waals surface area contributed by atoms with Gasteiger partial charge in [-0.15, -0.1) is 0 Å². The maximum Gasteiger partial charge on any atom is 0.329 e. The second kappa shape index (κ2) is 7.50. The summed E-state index contributed by atoms with van der Waals surface area (Å²) < 4.78 is 1.42. The second-order valence-electron chi connectivity index (χ2n) is 7.31. The van der Waals surface area contributed by atoms with Gasteiger partial charge in [0.2, 0.25) is 5.91 Å². The third kappa shape index (κ3) is 3.46. The number of fused-ring (bicyclic) bond motifs is 1. The van der Waals surface area contributed by atoms with Crippen LogP contribution in [0.1, 0.15) is 44.1 Å². The van der Waals surface area contributed by atoms with Gasteiger partial charge in [-0.05, 0) is 31.4 Å². The summed E-state index contributed by atoms with van der Waals surface area (Å²) in [6.45, 7) is 2.07. The number of aryl methyl sites for hydroxylation is 2. The van der Waals surface area contributed by atoms with Crippen LogP contribution in [0.25, 0.3) is 10.9 Å². The Bertz CT molecular complexity index is 928. The van der Waals surface area contributed by atoms with Gasteiger partial charge in [-0.2, -0.15) is 0 Å². The zero-order valence-corrected chi connectivity index (χ0v) is 15.8. The van der Waals surface area contributed by atoms with Crippen LogP contribution < -0.4 is 5.56 Å². The maximum absolute atomic E-state index is 12.7. The number of hydrogen-bond acceptors (Lipinski definition) is 4. The summed E-state index contributed by atoms with van der Waals surface area (Å²) in [5.74, 6) is -1.21. The number of likely N-dealkylation sites (N-methyl/N-ethyl adjacent to an activating group) is 1. The van der Waals surface area contributed by atoms with Gasteiger partial charge in [0.1, 0.15) is 5.54 Å². The minimum atomic E-state index is -1.13. The van der Waals surface area contributed by atoms with E-state index < -0.39 is 11.5 Å². The monoisotopic (exact) mass is 371 g/mol. The van der Waals surface area contributed by atoms with Crippen molar-refractivity contribution in [2.45, 2.75) is 57.5 Å². The van der Waals surface area contributed by atoms with E-state index in [2.05, 4.69) is 4.98 Å². The molecule has 0 saturated heterocycles. The molecule has 0 unspecified atom stereocenters. The third-order valence-electron chi connectivity index (χ3n) is 5.72. The average Bonchev–Trinajstić information content (AvgIpc) is 2.67. The number of carbonyl (C=O) groups excluding carboxylic acids is 1. The molecular weight excluding hydrogens is 346 g/mol. The fourth-order valence-corrected chi connectivity index (χ4v) is 3.95. The highest BCUT2D eigenvalue weighted by Crippen LogP contribution is 2.33. The quantitative estimate of drug-likeness (QED) is 0.871. The van der Waals surface area contributed by atoms with Crippen molar-refractivity contribution < 1.29 is 14.7 Å². The number of rotatable bonds is 5. The predicted octanol–water partition coefficient (Wildman–Crippen LogP) is 2.34. The number of hydrogen-bond donors (Lipinski definition) is 1. The Balaban J connectivity index is 1.77. The molecule has 0 spiro atoms. The van der Waals surface area contributed by atoms with E-state index in [1.165, 1.54) is 15.8 Å². The summed E-state index contributed by atoms with van der Waals surface area (Å²) in [6.07, 6.45) is 5.06. The van der Waals surface area contributed by atoms with Crippen LogP contribution in [0.2, 0.25) is 0 Å². The summed E-state index contributed by atoms with van der Waals surface area (Å²) >= 11 is 0. The largest absolute Gasteiger partial charge is 0.479 e. The summed E-state index contributed by atoms with van der Waals surface area (Å²) in [7, 11) is 1.56.